The molecular formula is C19H21N5O3S. The van der Waals surface area contributed by atoms with Crippen molar-refractivity contribution < 1.29 is 15.0 Å². The summed E-state index contributed by atoms with van der Waals surface area (Å²) >= 11 is 1.31. The standard InChI is InChI=1S/C19H21N5O3S/c20-9-19(27,12-3-1-10(2-4-12)17(25)26)18-22-8-15(28-18)14-6-13(21)5-11-7-23-24-16(11)14/h5-10,12,20,27H,1-4,21H2,(H,23,24)(H,25,26). The van der Waals surface area contributed by atoms with Crippen LogP contribution in [0.2, 0.25) is 0 Å². The molecule has 0 spiro atoms. The fourth-order valence-electron chi connectivity index (χ4n) is 3.99. The number of nitrogens with zero attached hydrogens (tertiary/aromatic N) is 2. The van der Waals surface area contributed by atoms with Crippen LogP contribution in [-0.4, -0.2) is 37.6 Å². The Kier molecular flexibility index (Phi) is 4.64. The van der Waals surface area contributed by atoms with Crippen LogP contribution < -0.4 is 5.73 Å². The second kappa shape index (κ2) is 6.99. The molecule has 0 radical (unpaired) electrons. The summed E-state index contributed by atoms with van der Waals surface area (Å²) in [5, 5.41) is 36.6. The molecule has 1 aliphatic rings. The summed E-state index contributed by atoms with van der Waals surface area (Å²) in [7, 11) is 0. The number of rotatable bonds is 5. The van der Waals surface area contributed by atoms with E-state index in [4.69, 9.17) is 11.1 Å². The molecule has 146 valence electrons. The fraction of sp³-hybridized carbons (Fsp3) is 0.368. The Bertz CT molecular complexity index is 1040. The highest BCUT2D eigenvalue weighted by Crippen LogP contribution is 2.43. The number of fused-ring (bicyclic) bond motifs is 1. The van der Waals surface area contributed by atoms with Gasteiger partial charge in [0, 0.05) is 29.0 Å². The van der Waals surface area contributed by atoms with E-state index in [9.17, 15) is 15.0 Å². The first-order valence-corrected chi connectivity index (χ1v) is 9.90. The third-order valence-corrected chi connectivity index (χ3v) is 6.77. The third kappa shape index (κ3) is 3.06. The van der Waals surface area contributed by atoms with E-state index in [0.717, 1.165) is 27.6 Å². The van der Waals surface area contributed by atoms with Crippen LogP contribution in [0.25, 0.3) is 21.3 Å². The number of carboxylic acids is 1. The smallest absolute Gasteiger partial charge is 0.306 e. The number of H-pyrrole nitrogens is 1. The van der Waals surface area contributed by atoms with Gasteiger partial charge in [-0.3, -0.25) is 9.89 Å². The van der Waals surface area contributed by atoms with Gasteiger partial charge in [-0.05, 0) is 43.7 Å². The number of aliphatic hydroxyl groups is 1. The summed E-state index contributed by atoms with van der Waals surface area (Å²) in [5.41, 5.74) is 6.79. The van der Waals surface area contributed by atoms with Crippen LogP contribution in [0.5, 0.6) is 0 Å². The number of nitrogen functional groups attached to an aromatic ring is 1. The Hall–Kier alpha value is -2.78. The molecule has 1 atom stereocenters. The number of aromatic nitrogens is 3. The van der Waals surface area contributed by atoms with E-state index < -0.39 is 11.6 Å². The third-order valence-electron chi connectivity index (χ3n) is 5.60. The van der Waals surface area contributed by atoms with Crippen LogP contribution in [-0.2, 0) is 10.4 Å². The zero-order valence-corrected chi connectivity index (χ0v) is 15.9. The van der Waals surface area contributed by atoms with E-state index in [1.807, 2.05) is 12.1 Å². The maximum atomic E-state index is 11.2. The minimum Gasteiger partial charge on any atom is -0.481 e. The molecule has 1 saturated carbocycles. The lowest BCUT2D eigenvalue weighted by molar-refractivity contribution is -0.143. The number of carbonyl (C=O) groups is 1. The van der Waals surface area contributed by atoms with Gasteiger partial charge in [-0.2, -0.15) is 5.10 Å². The Morgan fingerprint density at radius 3 is 2.75 bits per heavy atom. The van der Waals surface area contributed by atoms with Gasteiger partial charge >= 0.3 is 5.97 Å². The van der Waals surface area contributed by atoms with Gasteiger partial charge in [-0.1, -0.05) is 0 Å². The maximum absolute atomic E-state index is 11.2. The first-order chi connectivity index (χ1) is 13.4. The average Bonchev–Trinajstić information content (AvgIpc) is 3.36. The predicted octanol–water partition coefficient (Wildman–Crippen LogP) is 3.00. The molecule has 1 aliphatic carbocycles. The van der Waals surface area contributed by atoms with Crippen molar-refractivity contribution in [3.05, 3.63) is 29.5 Å². The molecule has 0 aliphatic heterocycles. The number of carboxylic acid groups (broad SMARTS) is 1. The van der Waals surface area contributed by atoms with Crippen LogP contribution in [0.1, 0.15) is 30.7 Å². The van der Waals surface area contributed by atoms with E-state index in [0.29, 0.717) is 36.4 Å². The second-order valence-corrected chi connectivity index (χ2v) is 8.32. The van der Waals surface area contributed by atoms with E-state index in [1.54, 1.807) is 12.4 Å². The number of hydrogen-bond acceptors (Lipinski definition) is 7. The summed E-state index contributed by atoms with van der Waals surface area (Å²) in [5.74, 6) is -1.40. The van der Waals surface area contributed by atoms with Gasteiger partial charge in [0.05, 0.1) is 22.5 Å². The average molecular weight is 399 g/mol. The summed E-state index contributed by atoms with van der Waals surface area (Å²) in [4.78, 5) is 16.4. The van der Waals surface area contributed by atoms with Gasteiger partial charge in [-0.15, -0.1) is 11.3 Å². The Morgan fingerprint density at radius 2 is 2.07 bits per heavy atom. The normalized spacial score (nSPS) is 22.0. The van der Waals surface area contributed by atoms with E-state index >= 15 is 0 Å². The molecule has 0 saturated heterocycles. The summed E-state index contributed by atoms with van der Waals surface area (Å²) in [6.07, 6.45) is 6.49. The van der Waals surface area contributed by atoms with Gasteiger partial charge < -0.3 is 21.4 Å². The highest BCUT2D eigenvalue weighted by atomic mass is 32.1. The van der Waals surface area contributed by atoms with Crippen molar-refractivity contribution in [1.82, 2.24) is 15.2 Å². The molecule has 9 heteroatoms. The molecule has 1 aromatic carbocycles. The Balaban J connectivity index is 1.66. The molecule has 1 unspecified atom stereocenters. The highest BCUT2D eigenvalue weighted by molar-refractivity contribution is 7.15. The van der Waals surface area contributed by atoms with Crippen LogP contribution in [0, 0.1) is 17.2 Å². The molecule has 1 fully saturated rings. The van der Waals surface area contributed by atoms with Crippen molar-refractivity contribution in [3.63, 3.8) is 0 Å². The molecule has 8 nitrogen and oxygen atoms in total. The number of thiazole rings is 1. The van der Waals surface area contributed by atoms with Crippen LogP contribution in [0.15, 0.2) is 24.5 Å². The van der Waals surface area contributed by atoms with E-state index in [-0.39, 0.29) is 11.8 Å². The molecule has 28 heavy (non-hydrogen) atoms. The molecule has 0 amide bonds. The lowest BCUT2D eigenvalue weighted by atomic mass is 9.74. The largest absolute Gasteiger partial charge is 0.481 e. The molecule has 4 rings (SSSR count). The topological polar surface area (TPSA) is 149 Å². The number of nitrogens with two attached hydrogens (primary N) is 1. The quantitative estimate of drug-likeness (QED) is 0.329. The van der Waals surface area contributed by atoms with Gasteiger partial charge in [-0.25, -0.2) is 4.98 Å². The highest BCUT2D eigenvalue weighted by Gasteiger charge is 2.42. The summed E-state index contributed by atoms with van der Waals surface area (Å²) < 4.78 is 0. The van der Waals surface area contributed by atoms with Crippen molar-refractivity contribution in [2.45, 2.75) is 31.3 Å². The van der Waals surface area contributed by atoms with Crippen molar-refractivity contribution in [2.75, 3.05) is 5.73 Å². The van der Waals surface area contributed by atoms with Gasteiger partial charge in [0.25, 0.3) is 0 Å². The lowest BCUT2D eigenvalue weighted by Gasteiger charge is -2.35. The molecule has 2 heterocycles. The number of anilines is 1. The van der Waals surface area contributed by atoms with Crippen molar-refractivity contribution in [1.29, 1.82) is 5.41 Å². The maximum Gasteiger partial charge on any atom is 0.306 e. The fourth-order valence-corrected chi connectivity index (χ4v) is 5.07. The number of aromatic amines is 1. The zero-order chi connectivity index (χ0) is 19.9. The van der Waals surface area contributed by atoms with Crippen LogP contribution in [0.3, 0.4) is 0 Å². The minimum atomic E-state index is -1.50. The van der Waals surface area contributed by atoms with Crippen LogP contribution >= 0.6 is 11.3 Å². The number of hydrogen-bond donors (Lipinski definition) is 5. The number of benzene rings is 1. The first kappa shape index (κ1) is 18.6. The van der Waals surface area contributed by atoms with Crippen molar-refractivity contribution in [3.8, 4) is 10.4 Å². The predicted molar refractivity (Wildman–Crippen MR) is 107 cm³/mol. The SMILES string of the molecule is N=CC(O)(c1ncc(-c2cc(N)cc3cn[nH]c23)s1)C1CCC(C(=O)O)CC1. The van der Waals surface area contributed by atoms with E-state index in [1.165, 1.54) is 11.3 Å². The Labute approximate surface area is 164 Å². The van der Waals surface area contributed by atoms with E-state index in [2.05, 4.69) is 15.2 Å². The van der Waals surface area contributed by atoms with Crippen molar-refractivity contribution in [2.24, 2.45) is 11.8 Å². The summed E-state index contributed by atoms with van der Waals surface area (Å²) in [6, 6.07) is 3.67. The monoisotopic (exact) mass is 399 g/mol. The van der Waals surface area contributed by atoms with Gasteiger partial charge in [0.2, 0.25) is 0 Å². The molecule has 3 aromatic rings. The van der Waals surface area contributed by atoms with Gasteiger partial charge in [0.15, 0.2) is 5.60 Å². The minimum absolute atomic E-state index is 0.229. The first-order valence-electron chi connectivity index (χ1n) is 9.08. The number of aliphatic carboxylic acids is 1. The van der Waals surface area contributed by atoms with Crippen LogP contribution in [0.4, 0.5) is 5.69 Å². The molecular weight excluding hydrogens is 378 g/mol. The summed E-state index contributed by atoms with van der Waals surface area (Å²) in [6.45, 7) is 0. The van der Waals surface area contributed by atoms with Gasteiger partial charge in [0.1, 0.15) is 5.01 Å². The lowest BCUT2D eigenvalue weighted by Crippen LogP contribution is -2.39. The molecule has 2 aromatic heterocycles. The molecule has 0 bridgehead atoms. The molecule has 6 N–H and O–H groups in total. The number of nitrogens with one attached hydrogen (secondary N) is 2. The van der Waals surface area contributed by atoms with Crippen molar-refractivity contribution >= 4 is 40.1 Å². The second-order valence-electron chi connectivity index (χ2n) is 7.29. The Morgan fingerprint density at radius 1 is 1.32 bits per heavy atom. The zero-order valence-electron chi connectivity index (χ0n) is 15.1.